The van der Waals surface area contributed by atoms with E-state index in [2.05, 4.69) is 43.4 Å². The number of fused-ring (bicyclic) bond motifs is 1. The van der Waals surface area contributed by atoms with Crippen LogP contribution in [0.2, 0.25) is 0 Å². The molecule has 0 saturated heterocycles. The van der Waals surface area contributed by atoms with Crippen LogP contribution in [0.5, 0.6) is 11.5 Å². The molecule has 1 aromatic carbocycles. The summed E-state index contributed by atoms with van der Waals surface area (Å²) in [6.45, 7) is 5.69. The van der Waals surface area contributed by atoms with Gasteiger partial charge >= 0.3 is 0 Å². The largest absolute Gasteiger partial charge is 0.454 e. The molecule has 0 spiro atoms. The summed E-state index contributed by atoms with van der Waals surface area (Å²) < 4.78 is 10.7. The fraction of sp³-hybridized carbons (Fsp3) is 0.500. The third-order valence-electron chi connectivity index (χ3n) is 3.34. The van der Waals surface area contributed by atoms with Crippen LogP contribution < -0.4 is 14.8 Å². The van der Waals surface area contributed by atoms with Crippen LogP contribution in [-0.4, -0.2) is 19.4 Å². The second kappa shape index (κ2) is 7.19. The van der Waals surface area contributed by atoms with Gasteiger partial charge in [0.25, 0.3) is 0 Å². The molecule has 1 N–H and O–H groups in total. The molecule has 3 heteroatoms. The average molecular weight is 261 g/mol. The van der Waals surface area contributed by atoms with E-state index in [1.807, 2.05) is 6.07 Å². The van der Waals surface area contributed by atoms with Crippen molar-refractivity contribution >= 4 is 0 Å². The van der Waals surface area contributed by atoms with E-state index in [0.717, 1.165) is 37.3 Å². The van der Waals surface area contributed by atoms with Gasteiger partial charge in [-0.25, -0.2) is 0 Å². The number of hydrogen-bond donors (Lipinski definition) is 1. The quantitative estimate of drug-likeness (QED) is 0.603. The zero-order valence-electron chi connectivity index (χ0n) is 11.8. The summed E-state index contributed by atoms with van der Waals surface area (Å²) in [5.74, 6) is 1.74. The van der Waals surface area contributed by atoms with E-state index in [1.165, 1.54) is 5.56 Å². The maximum absolute atomic E-state index is 5.39. The first-order valence-electron chi connectivity index (χ1n) is 7.02. The number of allylic oxidation sites excluding steroid dienone is 1. The van der Waals surface area contributed by atoms with Crippen molar-refractivity contribution in [3.8, 4) is 11.5 Å². The van der Waals surface area contributed by atoms with Gasteiger partial charge < -0.3 is 14.8 Å². The van der Waals surface area contributed by atoms with Crippen molar-refractivity contribution in [1.29, 1.82) is 0 Å². The normalized spacial score (nSPS) is 15.1. The lowest BCUT2D eigenvalue weighted by atomic mass is 10.1. The third-order valence-corrected chi connectivity index (χ3v) is 3.34. The molecular weight excluding hydrogens is 238 g/mol. The Balaban J connectivity index is 1.72. The van der Waals surface area contributed by atoms with Crippen LogP contribution in [0.25, 0.3) is 0 Å². The summed E-state index contributed by atoms with van der Waals surface area (Å²) in [4.78, 5) is 0. The van der Waals surface area contributed by atoms with Crippen LogP contribution in [0.4, 0.5) is 0 Å². The van der Waals surface area contributed by atoms with Gasteiger partial charge in [0.05, 0.1) is 0 Å². The van der Waals surface area contributed by atoms with Gasteiger partial charge in [-0.3, -0.25) is 0 Å². The number of rotatable bonds is 7. The monoisotopic (exact) mass is 261 g/mol. The Morgan fingerprint density at radius 1 is 1.32 bits per heavy atom. The van der Waals surface area contributed by atoms with Crippen LogP contribution in [0.3, 0.4) is 0 Å². The third kappa shape index (κ3) is 4.28. The molecule has 0 amide bonds. The molecule has 1 aromatic rings. The van der Waals surface area contributed by atoms with Crippen molar-refractivity contribution in [3.63, 3.8) is 0 Å². The first kappa shape index (κ1) is 13.9. The van der Waals surface area contributed by atoms with Crippen molar-refractivity contribution in [2.45, 2.75) is 39.2 Å². The summed E-state index contributed by atoms with van der Waals surface area (Å²) in [6.07, 6.45) is 7.59. The lowest BCUT2D eigenvalue weighted by Crippen LogP contribution is -2.27. The van der Waals surface area contributed by atoms with E-state index < -0.39 is 0 Å². The number of aryl methyl sites for hydroxylation is 1. The standard InChI is InChI=1S/C16H23NO2/c1-3-4-5-10-17-13(2)6-7-14-8-9-15-16(11-14)19-12-18-15/h3-4,8-9,11,13,17H,5-7,10,12H2,1-2H3/b4-3+. The van der Waals surface area contributed by atoms with E-state index in [-0.39, 0.29) is 0 Å². The molecule has 19 heavy (non-hydrogen) atoms. The summed E-state index contributed by atoms with van der Waals surface area (Å²) in [6, 6.07) is 6.76. The summed E-state index contributed by atoms with van der Waals surface area (Å²) in [7, 11) is 0. The Hall–Kier alpha value is -1.48. The second-order valence-electron chi connectivity index (χ2n) is 4.94. The van der Waals surface area contributed by atoms with Gasteiger partial charge in [-0.1, -0.05) is 18.2 Å². The average Bonchev–Trinajstić information content (AvgIpc) is 2.89. The molecule has 104 valence electrons. The molecule has 0 aromatic heterocycles. The fourth-order valence-corrected chi connectivity index (χ4v) is 2.16. The highest BCUT2D eigenvalue weighted by Crippen LogP contribution is 2.32. The van der Waals surface area contributed by atoms with Crippen molar-refractivity contribution in [3.05, 3.63) is 35.9 Å². The number of nitrogens with one attached hydrogen (secondary N) is 1. The molecule has 1 atom stereocenters. The fourth-order valence-electron chi connectivity index (χ4n) is 2.16. The molecule has 1 aliphatic rings. The van der Waals surface area contributed by atoms with Gasteiger partial charge in [-0.15, -0.1) is 0 Å². The van der Waals surface area contributed by atoms with Crippen LogP contribution >= 0.6 is 0 Å². The minimum absolute atomic E-state index is 0.349. The first-order valence-corrected chi connectivity index (χ1v) is 7.02. The highest BCUT2D eigenvalue weighted by Gasteiger charge is 2.13. The molecule has 1 heterocycles. The Morgan fingerprint density at radius 3 is 3.00 bits per heavy atom. The van der Waals surface area contributed by atoms with Gasteiger partial charge in [0.2, 0.25) is 6.79 Å². The first-order chi connectivity index (χ1) is 9.29. The maximum Gasteiger partial charge on any atom is 0.231 e. The van der Waals surface area contributed by atoms with E-state index >= 15 is 0 Å². The van der Waals surface area contributed by atoms with Crippen LogP contribution in [0, 0.1) is 0 Å². The Labute approximate surface area is 115 Å². The van der Waals surface area contributed by atoms with E-state index in [4.69, 9.17) is 9.47 Å². The molecule has 3 nitrogen and oxygen atoms in total. The predicted octanol–water partition coefficient (Wildman–Crippen LogP) is 3.29. The Morgan fingerprint density at radius 2 is 2.16 bits per heavy atom. The lowest BCUT2D eigenvalue weighted by molar-refractivity contribution is 0.174. The molecule has 0 saturated carbocycles. The number of benzene rings is 1. The minimum Gasteiger partial charge on any atom is -0.454 e. The molecule has 0 radical (unpaired) electrons. The predicted molar refractivity (Wildman–Crippen MR) is 77.8 cm³/mol. The van der Waals surface area contributed by atoms with Crippen LogP contribution in [-0.2, 0) is 6.42 Å². The second-order valence-corrected chi connectivity index (χ2v) is 4.94. The zero-order chi connectivity index (χ0) is 13.5. The van der Waals surface area contributed by atoms with Gasteiger partial charge in [-0.2, -0.15) is 0 Å². The molecule has 0 bridgehead atoms. The molecule has 0 aliphatic carbocycles. The number of ether oxygens (including phenoxy) is 2. The van der Waals surface area contributed by atoms with Crippen molar-refractivity contribution in [1.82, 2.24) is 5.32 Å². The molecule has 0 fully saturated rings. The number of hydrogen-bond acceptors (Lipinski definition) is 3. The maximum atomic E-state index is 5.39. The summed E-state index contributed by atoms with van der Waals surface area (Å²) in [5, 5.41) is 3.53. The van der Waals surface area contributed by atoms with Crippen molar-refractivity contribution < 1.29 is 9.47 Å². The lowest BCUT2D eigenvalue weighted by Gasteiger charge is -2.13. The summed E-state index contributed by atoms with van der Waals surface area (Å²) >= 11 is 0. The Kier molecular flexibility index (Phi) is 5.28. The van der Waals surface area contributed by atoms with Crippen LogP contribution in [0.15, 0.2) is 30.4 Å². The SMILES string of the molecule is C/C=C/CCNC(C)CCc1ccc2c(c1)OCO2. The zero-order valence-corrected chi connectivity index (χ0v) is 11.8. The summed E-state index contributed by atoms with van der Waals surface area (Å²) in [5.41, 5.74) is 1.31. The molecule has 2 rings (SSSR count). The van der Waals surface area contributed by atoms with Crippen LogP contribution in [0.1, 0.15) is 32.3 Å². The smallest absolute Gasteiger partial charge is 0.231 e. The van der Waals surface area contributed by atoms with E-state index in [9.17, 15) is 0 Å². The molecule has 1 aliphatic heterocycles. The highest BCUT2D eigenvalue weighted by atomic mass is 16.7. The van der Waals surface area contributed by atoms with Gasteiger partial charge in [0, 0.05) is 6.04 Å². The van der Waals surface area contributed by atoms with Crippen molar-refractivity contribution in [2.75, 3.05) is 13.3 Å². The van der Waals surface area contributed by atoms with E-state index in [1.54, 1.807) is 0 Å². The molecule has 1 unspecified atom stereocenters. The molecular formula is C16H23NO2. The van der Waals surface area contributed by atoms with Crippen molar-refractivity contribution in [2.24, 2.45) is 0 Å². The van der Waals surface area contributed by atoms with Gasteiger partial charge in [0.15, 0.2) is 11.5 Å². The van der Waals surface area contributed by atoms with E-state index in [0.29, 0.717) is 12.8 Å². The van der Waals surface area contributed by atoms with Gasteiger partial charge in [-0.05, 0) is 57.4 Å². The Bertz CT molecular complexity index is 429. The minimum atomic E-state index is 0.349. The topological polar surface area (TPSA) is 30.5 Å². The highest BCUT2D eigenvalue weighted by molar-refractivity contribution is 5.44. The van der Waals surface area contributed by atoms with Gasteiger partial charge in [0.1, 0.15) is 0 Å².